The van der Waals surface area contributed by atoms with E-state index in [1.165, 1.54) is 109 Å². The molecule has 4 nitrogen and oxygen atoms in total. The highest BCUT2D eigenvalue weighted by molar-refractivity contribution is 5.81. The van der Waals surface area contributed by atoms with Gasteiger partial charge in [-0.05, 0) is 52.4 Å². The molecule has 0 aromatic carbocycles. The Bertz CT molecular complexity index is 729. The van der Waals surface area contributed by atoms with Crippen LogP contribution in [0.4, 0.5) is 0 Å². The van der Waals surface area contributed by atoms with Crippen LogP contribution in [-0.4, -0.2) is 34.0 Å². The predicted octanol–water partition coefficient (Wildman–Crippen LogP) is 12.8. The van der Waals surface area contributed by atoms with Gasteiger partial charge in [-0.3, -0.25) is 9.59 Å². The number of nitrogens with zero attached hydrogens (tertiary/aromatic N) is 1. The Morgan fingerprint density at radius 2 is 1.02 bits per heavy atom. The number of aliphatic carboxylic acids is 1. The SMILES string of the molecule is C=CCC(C)N(C(=O)C(/C=C/CCCCCCCCCCCCCCCC)CCCCCCCCCCC(=O)O)C(C)CC=C. The fourth-order valence-corrected chi connectivity index (χ4v) is 6.49. The van der Waals surface area contributed by atoms with Gasteiger partial charge < -0.3 is 10.0 Å². The molecule has 45 heavy (non-hydrogen) atoms. The zero-order chi connectivity index (χ0) is 33.4. The van der Waals surface area contributed by atoms with Gasteiger partial charge >= 0.3 is 5.97 Å². The second-order valence-corrected chi connectivity index (χ2v) is 13.7. The number of unbranched alkanes of at least 4 members (excludes halogenated alkanes) is 21. The van der Waals surface area contributed by atoms with E-state index in [9.17, 15) is 9.59 Å². The highest BCUT2D eigenvalue weighted by Gasteiger charge is 2.28. The number of rotatable bonds is 34. The summed E-state index contributed by atoms with van der Waals surface area (Å²) in [4.78, 5) is 26.7. The molecule has 0 fully saturated rings. The van der Waals surface area contributed by atoms with Gasteiger partial charge in [0.25, 0.3) is 0 Å². The molecule has 0 saturated carbocycles. The van der Waals surface area contributed by atoms with Crippen molar-refractivity contribution in [2.75, 3.05) is 0 Å². The van der Waals surface area contributed by atoms with E-state index in [0.29, 0.717) is 0 Å². The molecule has 0 rings (SSSR count). The van der Waals surface area contributed by atoms with Crippen molar-refractivity contribution in [2.24, 2.45) is 5.92 Å². The minimum absolute atomic E-state index is 0.0628. The Balaban J connectivity index is 4.59. The van der Waals surface area contributed by atoms with Crippen LogP contribution in [0.15, 0.2) is 37.5 Å². The smallest absolute Gasteiger partial charge is 0.303 e. The molecule has 0 spiro atoms. The van der Waals surface area contributed by atoms with E-state index >= 15 is 0 Å². The van der Waals surface area contributed by atoms with E-state index in [2.05, 4.69) is 51.0 Å². The number of hydrogen-bond donors (Lipinski definition) is 1. The lowest BCUT2D eigenvalue weighted by Gasteiger charge is -2.36. The van der Waals surface area contributed by atoms with E-state index in [4.69, 9.17) is 5.11 Å². The third-order valence-electron chi connectivity index (χ3n) is 9.29. The van der Waals surface area contributed by atoms with Crippen LogP contribution >= 0.6 is 0 Å². The van der Waals surface area contributed by atoms with Crippen molar-refractivity contribution >= 4 is 11.9 Å². The number of amides is 1. The van der Waals surface area contributed by atoms with Crippen molar-refractivity contribution in [2.45, 2.75) is 206 Å². The molecule has 3 unspecified atom stereocenters. The monoisotopic (exact) mass is 630 g/mol. The van der Waals surface area contributed by atoms with Gasteiger partial charge in [-0.25, -0.2) is 0 Å². The number of carboxylic acid groups (broad SMARTS) is 1. The molecule has 1 N–H and O–H groups in total. The van der Waals surface area contributed by atoms with E-state index < -0.39 is 5.97 Å². The summed E-state index contributed by atoms with van der Waals surface area (Å²) < 4.78 is 0. The van der Waals surface area contributed by atoms with Crippen LogP contribution in [-0.2, 0) is 9.59 Å². The summed E-state index contributed by atoms with van der Waals surface area (Å²) in [7, 11) is 0. The predicted molar refractivity (Wildman–Crippen MR) is 197 cm³/mol. The zero-order valence-corrected chi connectivity index (χ0v) is 30.3. The fourth-order valence-electron chi connectivity index (χ4n) is 6.49. The van der Waals surface area contributed by atoms with Crippen molar-refractivity contribution < 1.29 is 14.7 Å². The Hall–Kier alpha value is -1.84. The van der Waals surface area contributed by atoms with Gasteiger partial charge in [-0.15, -0.1) is 13.2 Å². The normalized spacial score (nSPS) is 13.5. The molecule has 3 atom stereocenters. The third-order valence-corrected chi connectivity index (χ3v) is 9.29. The molecule has 0 aromatic rings. The summed E-state index contributed by atoms with van der Waals surface area (Å²) >= 11 is 0. The van der Waals surface area contributed by atoms with Crippen molar-refractivity contribution in [3.63, 3.8) is 0 Å². The molecule has 0 aliphatic carbocycles. The molecule has 1 amide bonds. The van der Waals surface area contributed by atoms with Crippen molar-refractivity contribution in [3.8, 4) is 0 Å². The molecule has 0 saturated heterocycles. The van der Waals surface area contributed by atoms with Gasteiger partial charge in [0, 0.05) is 18.5 Å². The maximum Gasteiger partial charge on any atom is 0.303 e. The van der Waals surface area contributed by atoms with Crippen molar-refractivity contribution in [1.29, 1.82) is 0 Å². The fraction of sp³-hybridized carbons (Fsp3) is 0.805. The molecule has 0 heterocycles. The zero-order valence-electron chi connectivity index (χ0n) is 30.3. The highest BCUT2D eigenvalue weighted by Crippen LogP contribution is 2.23. The summed E-state index contributed by atoms with van der Waals surface area (Å²) in [6.45, 7) is 14.4. The first kappa shape index (κ1) is 43.2. The Kier molecular flexibility index (Phi) is 30.8. The standard InChI is InChI=1S/C41H75NO3/c1-6-9-10-11-12-13-14-15-16-17-18-19-20-23-26-29-34-39(35-30-27-24-21-22-25-28-31-36-40(43)44)41(45)42(37(4)32-7-2)38(5)33-8-3/h7-8,29,34,37-39H,2-3,6,9-28,30-33,35-36H2,1,4-5H3,(H,43,44)/b34-29+. The third kappa shape index (κ3) is 26.0. The van der Waals surface area contributed by atoms with Gasteiger partial charge in [0.15, 0.2) is 0 Å². The van der Waals surface area contributed by atoms with Gasteiger partial charge in [0.1, 0.15) is 0 Å². The lowest BCUT2D eigenvalue weighted by Crippen LogP contribution is -2.47. The number of carbonyl (C=O) groups excluding carboxylic acids is 1. The summed E-state index contributed by atoms with van der Waals surface area (Å²) in [6, 6.07) is 0.264. The van der Waals surface area contributed by atoms with Crippen LogP contribution in [0.25, 0.3) is 0 Å². The molecule has 0 aliphatic rings. The maximum absolute atomic E-state index is 13.9. The summed E-state index contributed by atoms with van der Waals surface area (Å²) in [5.74, 6) is -0.495. The first-order valence-electron chi connectivity index (χ1n) is 19.3. The van der Waals surface area contributed by atoms with Crippen molar-refractivity contribution in [1.82, 2.24) is 4.90 Å². The summed E-state index contributed by atoms with van der Waals surface area (Å²) in [5.41, 5.74) is 0. The minimum atomic E-state index is -0.691. The highest BCUT2D eigenvalue weighted by atomic mass is 16.4. The molecule has 0 aliphatic heterocycles. The lowest BCUT2D eigenvalue weighted by molar-refractivity contribution is -0.139. The first-order chi connectivity index (χ1) is 21.9. The van der Waals surface area contributed by atoms with Crippen LogP contribution in [0, 0.1) is 5.92 Å². The average molecular weight is 630 g/mol. The Morgan fingerprint density at radius 1 is 0.622 bits per heavy atom. The second kappa shape index (κ2) is 32.1. The van der Waals surface area contributed by atoms with Crippen molar-refractivity contribution in [3.05, 3.63) is 37.5 Å². The van der Waals surface area contributed by atoms with Crippen LogP contribution < -0.4 is 0 Å². The lowest BCUT2D eigenvalue weighted by atomic mass is 9.95. The van der Waals surface area contributed by atoms with Gasteiger partial charge in [-0.2, -0.15) is 0 Å². The van der Waals surface area contributed by atoms with E-state index in [1.54, 1.807) is 0 Å². The molecule has 0 radical (unpaired) electrons. The van der Waals surface area contributed by atoms with Gasteiger partial charge in [0.2, 0.25) is 5.91 Å². The van der Waals surface area contributed by atoms with E-state index in [1.807, 2.05) is 12.2 Å². The average Bonchev–Trinajstić information content (AvgIpc) is 3.00. The maximum atomic E-state index is 13.9. The van der Waals surface area contributed by atoms with Crippen LogP contribution in [0.1, 0.15) is 194 Å². The largest absolute Gasteiger partial charge is 0.481 e. The van der Waals surface area contributed by atoms with Crippen LogP contribution in [0.2, 0.25) is 0 Å². The first-order valence-corrected chi connectivity index (χ1v) is 19.3. The second-order valence-electron chi connectivity index (χ2n) is 13.7. The molecule has 0 bridgehead atoms. The number of carboxylic acids is 1. The Labute approximate surface area is 280 Å². The number of hydrogen-bond acceptors (Lipinski definition) is 2. The van der Waals surface area contributed by atoms with Crippen LogP contribution in [0.5, 0.6) is 0 Å². The Morgan fingerprint density at radius 3 is 1.44 bits per heavy atom. The number of allylic oxidation sites excluding steroid dienone is 1. The number of carbonyl (C=O) groups is 2. The van der Waals surface area contributed by atoms with Gasteiger partial charge in [-0.1, -0.05) is 160 Å². The molecule has 262 valence electrons. The molecule has 4 heteroatoms. The summed E-state index contributed by atoms with van der Waals surface area (Å²) in [5, 5.41) is 8.77. The quantitative estimate of drug-likeness (QED) is 0.0569. The van der Waals surface area contributed by atoms with Gasteiger partial charge in [0.05, 0.1) is 5.92 Å². The van der Waals surface area contributed by atoms with E-state index in [0.717, 1.165) is 57.8 Å². The molecular weight excluding hydrogens is 554 g/mol. The summed E-state index contributed by atoms with van der Waals surface area (Å²) in [6.07, 6.45) is 40.2. The molecule has 0 aromatic heterocycles. The van der Waals surface area contributed by atoms with Crippen LogP contribution in [0.3, 0.4) is 0 Å². The topological polar surface area (TPSA) is 57.6 Å². The molecular formula is C41H75NO3. The minimum Gasteiger partial charge on any atom is -0.481 e. The van der Waals surface area contributed by atoms with E-state index in [-0.39, 0.29) is 30.3 Å².